The van der Waals surface area contributed by atoms with Gasteiger partial charge in [-0.3, -0.25) is 14.9 Å². The van der Waals surface area contributed by atoms with Gasteiger partial charge in [-0.25, -0.2) is 4.39 Å². The van der Waals surface area contributed by atoms with Crippen LogP contribution in [0.15, 0.2) is 84.9 Å². The number of benzene rings is 3. The van der Waals surface area contributed by atoms with Gasteiger partial charge in [0.1, 0.15) is 5.82 Å². The first kappa shape index (κ1) is 21.4. The van der Waals surface area contributed by atoms with Crippen molar-refractivity contribution in [2.75, 3.05) is 6.54 Å². The van der Waals surface area contributed by atoms with Gasteiger partial charge in [0, 0.05) is 16.4 Å². The summed E-state index contributed by atoms with van der Waals surface area (Å²) in [5, 5.41) is 11.6. The Morgan fingerprint density at radius 1 is 0.867 bits per heavy atom. The molecule has 3 atom stereocenters. The van der Waals surface area contributed by atoms with Crippen LogP contribution in [-0.2, 0) is 0 Å². The van der Waals surface area contributed by atoms with Crippen LogP contribution in [0.1, 0.15) is 46.7 Å². The van der Waals surface area contributed by atoms with Gasteiger partial charge in [-0.2, -0.15) is 0 Å². The monoisotopic (exact) mass is 405 g/mol. The van der Waals surface area contributed by atoms with Crippen molar-refractivity contribution in [2.24, 2.45) is 5.92 Å². The number of hydrogen-bond donors (Lipinski definition) is 0. The van der Waals surface area contributed by atoms with Crippen molar-refractivity contribution < 1.29 is 14.1 Å². The van der Waals surface area contributed by atoms with Crippen LogP contribution in [0.4, 0.5) is 4.39 Å². The van der Waals surface area contributed by atoms with Crippen LogP contribution in [0.25, 0.3) is 0 Å². The van der Waals surface area contributed by atoms with Gasteiger partial charge in [-0.05, 0) is 35.6 Å². The second-order valence-corrected chi connectivity index (χ2v) is 7.35. The first-order valence-electron chi connectivity index (χ1n) is 10.0. The highest BCUT2D eigenvalue weighted by atomic mass is 19.1. The lowest BCUT2D eigenvalue weighted by molar-refractivity contribution is -0.484. The SMILES string of the molecule is CC[C@H](c1ccc(F)cc1)[C@H](C(=O)c1ccccc1)[C@@H](C[N+](=O)[O-])c1ccccc1. The fourth-order valence-corrected chi connectivity index (χ4v) is 4.13. The van der Waals surface area contributed by atoms with Crippen molar-refractivity contribution >= 4 is 5.78 Å². The largest absolute Gasteiger partial charge is 0.294 e. The maximum atomic E-state index is 13.7. The quantitative estimate of drug-likeness (QED) is 0.254. The van der Waals surface area contributed by atoms with E-state index in [4.69, 9.17) is 0 Å². The summed E-state index contributed by atoms with van der Waals surface area (Å²) in [5.41, 5.74) is 2.08. The molecule has 5 heteroatoms. The van der Waals surface area contributed by atoms with E-state index < -0.39 is 11.8 Å². The lowest BCUT2D eigenvalue weighted by Crippen LogP contribution is -2.32. The second kappa shape index (κ2) is 9.92. The normalized spacial score (nSPS) is 13.9. The Morgan fingerprint density at radius 3 is 1.93 bits per heavy atom. The zero-order chi connectivity index (χ0) is 21.5. The standard InChI is InChI=1S/C25H24FNO3/c1-2-22(19-13-15-21(26)16-14-19)24(25(28)20-11-7-4-8-12-20)23(17-27(29)30)18-9-5-3-6-10-18/h3-16,22-24H,2,17H2,1H3/t22-,23+,24+/m1/s1. The Balaban J connectivity index is 2.14. The summed E-state index contributed by atoms with van der Waals surface area (Å²) in [4.78, 5) is 24.9. The summed E-state index contributed by atoms with van der Waals surface area (Å²) in [5.74, 6) is -2.05. The van der Waals surface area contributed by atoms with Crippen molar-refractivity contribution in [1.29, 1.82) is 0 Å². The molecular weight excluding hydrogens is 381 g/mol. The Labute approximate surface area is 175 Å². The Kier molecular flexibility index (Phi) is 7.07. The van der Waals surface area contributed by atoms with Crippen LogP contribution in [0.5, 0.6) is 0 Å². The highest BCUT2D eigenvalue weighted by Gasteiger charge is 2.39. The van der Waals surface area contributed by atoms with Crippen LogP contribution < -0.4 is 0 Å². The van der Waals surface area contributed by atoms with Crippen LogP contribution in [0.2, 0.25) is 0 Å². The van der Waals surface area contributed by atoms with E-state index in [1.807, 2.05) is 43.3 Å². The number of hydrogen-bond acceptors (Lipinski definition) is 3. The predicted molar refractivity (Wildman–Crippen MR) is 115 cm³/mol. The molecule has 0 aliphatic carbocycles. The molecule has 0 heterocycles. The van der Waals surface area contributed by atoms with Gasteiger partial charge in [-0.15, -0.1) is 0 Å². The summed E-state index contributed by atoms with van der Waals surface area (Å²) >= 11 is 0. The number of rotatable bonds is 9. The van der Waals surface area contributed by atoms with Crippen LogP contribution in [0, 0.1) is 21.8 Å². The minimum Gasteiger partial charge on any atom is -0.294 e. The third-order valence-electron chi connectivity index (χ3n) is 5.54. The van der Waals surface area contributed by atoms with E-state index in [1.165, 1.54) is 12.1 Å². The molecule has 0 N–H and O–H groups in total. The summed E-state index contributed by atoms with van der Waals surface area (Å²) in [6, 6.07) is 24.1. The molecule has 30 heavy (non-hydrogen) atoms. The van der Waals surface area contributed by atoms with E-state index in [0.29, 0.717) is 12.0 Å². The first-order valence-corrected chi connectivity index (χ1v) is 10.0. The Morgan fingerprint density at radius 2 is 1.40 bits per heavy atom. The van der Waals surface area contributed by atoms with Gasteiger partial charge in [0.2, 0.25) is 6.54 Å². The van der Waals surface area contributed by atoms with Gasteiger partial charge in [0.25, 0.3) is 0 Å². The summed E-state index contributed by atoms with van der Waals surface area (Å²) in [6.45, 7) is 1.60. The highest BCUT2D eigenvalue weighted by Crippen LogP contribution is 2.40. The molecule has 0 radical (unpaired) electrons. The molecule has 0 spiro atoms. The molecule has 0 fully saturated rings. The lowest BCUT2D eigenvalue weighted by atomic mass is 9.70. The van der Waals surface area contributed by atoms with Gasteiger partial charge in [0.15, 0.2) is 5.78 Å². The van der Waals surface area contributed by atoms with Gasteiger partial charge in [0.05, 0.1) is 5.92 Å². The third kappa shape index (κ3) is 4.98. The molecule has 3 rings (SSSR count). The molecule has 4 nitrogen and oxygen atoms in total. The predicted octanol–water partition coefficient (Wildman–Crippen LogP) is 5.88. The maximum absolute atomic E-state index is 13.7. The molecule has 154 valence electrons. The Bertz CT molecular complexity index is 974. The van der Waals surface area contributed by atoms with Gasteiger partial charge < -0.3 is 0 Å². The number of halogens is 1. The topological polar surface area (TPSA) is 60.2 Å². The number of carbonyl (C=O) groups excluding carboxylic acids is 1. The number of nitrogens with zero attached hydrogens (tertiary/aromatic N) is 1. The molecule has 3 aromatic rings. The van der Waals surface area contributed by atoms with E-state index >= 15 is 0 Å². The van der Waals surface area contributed by atoms with Crippen molar-refractivity contribution in [1.82, 2.24) is 0 Å². The number of nitro groups is 1. The molecule has 0 aliphatic heterocycles. The average molecular weight is 405 g/mol. The minimum absolute atomic E-state index is 0.137. The first-order chi connectivity index (χ1) is 14.5. The molecule has 0 saturated heterocycles. The number of ketones is 1. The van der Waals surface area contributed by atoms with Gasteiger partial charge in [-0.1, -0.05) is 79.7 Å². The summed E-state index contributed by atoms with van der Waals surface area (Å²) < 4.78 is 13.5. The zero-order valence-electron chi connectivity index (χ0n) is 16.8. The van der Waals surface area contributed by atoms with Crippen LogP contribution in [-0.4, -0.2) is 17.3 Å². The molecule has 0 saturated carbocycles. The van der Waals surface area contributed by atoms with Crippen LogP contribution >= 0.6 is 0 Å². The molecule has 0 amide bonds. The average Bonchev–Trinajstić information content (AvgIpc) is 2.77. The number of carbonyl (C=O) groups is 1. The summed E-state index contributed by atoms with van der Waals surface area (Å²) in [7, 11) is 0. The smallest absolute Gasteiger partial charge is 0.211 e. The molecule has 0 bridgehead atoms. The molecule has 0 unspecified atom stereocenters. The van der Waals surface area contributed by atoms with E-state index in [9.17, 15) is 19.3 Å². The molecule has 0 aliphatic rings. The van der Waals surface area contributed by atoms with Crippen molar-refractivity contribution in [3.8, 4) is 0 Å². The molecule has 0 aromatic heterocycles. The maximum Gasteiger partial charge on any atom is 0.211 e. The van der Waals surface area contributed by atoms with Crippen molar-refractivity contribution in [3.63, 3.8) is 0 Å². The van der Waals surface area contributed by atoms with Crippen molar-refractivity contribution in [2.45, 2.75) is 25.2 Å². The fraction of sp³-hybridized carbons (Fsp3) is 0.240. The second-order valence-electron chi connectivity index (χ2n) is 7.35. The van der Waals surface area contributed by atoms with Crippen LogP contribution in [0.3, 0.4) is 0 Å². The van der Waals surface area contributed by atoms with E-state index in [-0.39, 0.29) is 29.0 Å². The Hall–Kier alpha value is -3.34. The zero-order valence-corrected chi connectivity index (χ0v) is 16.8. The van der Waals surface area contributed by atoms with Crippen molar-refractivity contribution in [3.05, 3.63) is 118 Å². The van der Waals surface area contributed by atoms with Gasteiger partial charge >= 0.3 is 0 Å². The minimum atomic E-state index is -0.657. The van der Waals surface area contributed by atoms with E-state index in [0.717, 1.165) is 11.1 Å². The number of Topliss-reactive ketones (excluding diaryl/α,β-unsaturated/α-hetero) is 1. The van der Waals surface area contributed by atoms with E-state index in [2.05, 4.69) is 0 Å². The van der Waals surface area contributed by atoms with E-state index in [1.54, 1.807) is 36.4 Å². The lowest BCUT2D eigenvalue weighted by Gasteiger charge is -2.31. The summed E-state index contributed by atoms with van der Waals surface area (Å²) in [6.07, 6.45) is 0.593. The third-order valence-corrected chi connectivity index (χ3v) is 5.54. The molecule has 3 aromatic carbocycles. The highest BCUT2D eigenvalue weighted by molar-refractivity contribution is 5.99. The molecular formula is C25H24FNO3. The fourth-order valence-electron chi connectivity index (χ4n) is 4.13.